The normalized spacial score (nSPS) is 30.7. The maximum atomic E-state index is 11.7. The Morgan fingerprint density at radius 1 is 1.36 bits per heavy atom. The van der Waals surface area contributed by atoms with Gasteiger partial charge in [-0.2, -0.15) is 0 Å². The highest BCUT2D eigenvalue weighted by atomic mass is 16.2. The predicted octanol–water partition coefficient (Wildman–Crippen LogP) is 1.57. The van der Waals surface area contributed by atoms with Gasteiger partial charge in [0.2, 0.25) is 0 Å². The molecule has 1 heterocycles. The number of likely N-dealkylation sites (tertiary alicyclic amines) is 1. The molecule has 0 aromatic carbocycles. The van der Waals surface area contributed by atoms with Crippen LogP contribution in [0, 0.1) is 11.8 Å². The number of fused-ring (bicyclic) bond motifs is 1. The number of carbonyl (C=O) groups excluding carboxylic acids is 1. The lowest BCUT2D eigenvalue weighted by molar-refractivity contribution is 0.178. The van der Waals surface area contributed by atoms with E-state index in [1.54, 1.807) is 4.90 Å². The second-order valence-electron chi connectivity index (χ2n) is 4.76. The first-order valence-corrected chi connectivity index (χ1v) is 5.21. The fraction of sp³-hybridized carbons (Fsp3) is 0.727. The van der Waals surface area contributed by atoms with Gasteiger partial charge >= 0.3 is 6.03 Å². The summed E-state index contributed by atoms with van der Waals surface area (Å²) < 4.78 is 0. The number of nitrogens with zero attached hydrogens (tertiary/aromatic N) is 2. The van der Waals surface area contributed by atoms with Gasteiger partial charge in [0.25, 0.3) is 0 Å². The molecule has 1 saturated heterocycles. The van der Waals surface area contributed by atoms with Crippen molar-refractivity contribution in [3.8, 4) is 0 Å². The molecule has 0 aromatic rings. The Balaban J connectivity index is 1.97. The van der Waals surface area contributed by atoms with Crippen molar-refractivity contribution in [3.63, 3.8) is 0 Å². The van der Waals surface area contributed by atoms with E-state index < -0.39 is 0 Å². The van der Waals surface area contributed by atoms with Crippen LogP contribution in [0.2, 0.25) is 0 Å². The summed E-state index contributed by atoms with van der Waals surface area (Å²) in [5, 5.41) is 0. The van der Waals surface area contributed by atoms with Gasteiger partial charge in [-0.05, 0) is 24.7 Å². The molecule has 0 bridgehead atoms. The monoisotopic (exact) mass is 194 g/mol. The molecule has 0 spiro atoms. The smallest absolute Gasteiger partial charge is 0.319 e. The van der Waals surface area contributed by atoms with Crippen LogP contribution >= 0.6 is 0 Å². The molecule has 1 saturated carbocycles. The van der Waals surface area contributed by atoms with E-state index in [9.17, 15) is 4.79 Å². The highest BCUT2D eigenvalue weighted by Gasteiger charge is 2.39. The van der Waals surface area contributed by atoms with Gasteiger partial charge in [0, 0.05) is 27.2 Å². The molecule has 0 unspecified atom stereocenters. The van der Waals surface area contributed by atoms with Crippen molar-refractivity contribution in [3.05, 3.63) is 12.2 Å². The van der Waals surface area contributed by atoms with Crippen molar-refractivity contribution in [2.75, 3.05) is 27.2 Å². The van der Waals surface area contributed by atoms with Gasteiger partial charge in [-0.25, -0.2) is 4.79 Å². The number of allylic oxidation sites excluding steroid dienone is 1. The maximum absolute atomic E-state index is 11.7. The predicted molar refractivity (Wildman–Crippen MR) is 56.0 cm³/mol. The van der Waals surface area contributed by atoms with Crippen molar-refractivity contribution >= 4 is 6.03 Å². The Morgan fingerprint density at radius 2 is 1.86 bits per heavy atom. The zero-order chi connectivity index (χ0) is 10.3. The molecule has 0 aromatic heterocycles. The summed E-state index contributed by atoms with van der Waals surface area (Å²) in [7, 11) is 3.63. The van der Waals surface area contributed by atoms with Crippen molar-refractivity contribution in [1.29, 1.82) is 0 Å². The number of urea groups is 1. The van der Waals surface area contributed by atoms with E-state index in [0.717, 1.165) is 25.9 Å². The molecule has 0 N–H and O–H groups in total. The summed E-state index contributed by atoms with van der Waals surface area (Å²) in [5.74, 6) is 1.37. The van der Waals surface area contributed by atoms with Crippen LogP contribution in [0.1, 0.15) is 12.8 Å². The summed E-state index contributed by atoms with van der Waals surface area (Å²) in [6.07, 6.45) is 2.25. The fourth-order valence-electron chi connectivity index (χ4n) is 2.67. The molecule has 2 fully saturated rings. The number of hydrogen-bond acceptors (Lipinski definition) is 1. The average Bonchev–Trinajstić information content (AvgIpc) is 2.59. The minimum absolute atomic E-state index is 0.157. The molecule has 1 aliphatic heterocycles. The molecule has 2 rings (SSSR count). The first kappa shape index (κ1) is 9.56. The Labute approximate surface area is 85.4 Å². The summed E-state index contributed by atoms with van der Waals surface area (Å²) in [6, 6.07) is 0.157. The third-order valence-electron chi connectivity index (χ3n) is 3.33. The zero-order valence-electron chi connectivity index (χ0n) is 8.99. The molecule has 14 heavy (non-hydrogen) atoms. The number of hydrogen-bond donors (Lipinski definition) is 0. The number of amides is 2. The quantitative estimate of drug-likeness (QED) is 0.537. The Hall–Kier alpha value is -0.990. The molecule has 0 radical (unpaired) electrons. The lowest BCUT2D eigenvalue weighted by Gasteiger charge is -2.22. The molecule has 2 aliphatic rings. The molecule has 78 valence electrons. The first-order chi connectivity index (χ1) is 6.58. The molecular weight excluding hydrogens is 176 g/mol. The van der Waals surface area contributed by atoms with E-state index in [2.05, 4.69) is 6.58 Å². The van der Waals surface area contributed by atoms with Crippen LogP contribution in [-0.2, 0) is 0 Å². The molecule has 2 amide bonds. The maximum Gasteiger partial charge on any atom is 0.319 e. The van der Waals surface area contributed by atoms with Crippen LogP contribution in [-0.4, -0.2) is 43.0 Å². The van der Waals surface area contributed by atoms with Gasteiger partial charge in [-0.3, -0.25) is 0 Å². The first-order valence-electron chi connectivity index (χ1n) is 5.21. The highest BCUT2D eigenvalue weighted by Crippen LogP contribution is 2.40. The zero-order valence-corrected chi connectivity index (χ0v) is 8.99. The third kappa shape index (κ3) is 1.51. The molecule has 3 nitrogen and oxygen atoms in total. The van der Waals surface area contributed by atoms with Crippen molar-refractivity contribution < 1.29 is 4.79 Å². The second-order valence-corrected chi connectivity index (χ2v) is 4.76. The lowest BCUT2D eigenvalue weighted by atomic mass is 10.0. The van der Waals surface area contributed by atoms with Crippen LogP contribution in [0.25, 0.3) is 0 Å². The Kier molecular flexibility index (Phi) is 2.25. The highest BCUT2D eigenvalue weighted by molar-refractivity contribution is 5.74. The standard InChI is InChI=1S/C11H18N2O/c1-8-4-9-6-13(7-10(9)5-8)11(14)12(2)3/h9-10H,1,4-7H2,2-3H3/t9-,10+. The minimum Gasteiger partial charge on any atom is -0.331 e. The van der Waals surface area contributed by atoms with Crippen molar-refractivity contribution in [2.24, 2.45) is 11.8 Å². The van der Waals surface area contributed by atoms with Gasteiger partial charge in [0.1, 0.15) is 0 Å². The van der Waals surface area contributed by atoms with E-state index in [1.165, 1.54) is 5.57 Å². The summed E-state index contributed by atoms with van der Waals surface area (Å²) in [5.41, 5.74) is 1.37. The van der Waals surface area contributed by atoms with Crippen LogP contribution in [0.3, 0.4) is 0 Å². The van der Waals surface area contributed by atoms with Crippen LogP contribution in [0.5, 0.6) is 0 Å². The Bertz CT molecular complexity index is 256. The number of carbonyl (C=O) groups is 1. The third-order valence-corrected chi connectivity index (χ3v) is 3.33. The van der Waals surface area contributed by atoms with Gasteiger partial charge in [-0.15, -0.1) is 0 Å². The lowest BCUT2D eigenvalue weighted by Crippen LogP contribution is -2.38. The largest absolute Gasteiger partial charge is 0.331 e. The fourth-order valence-corrected chi connectivity index (χ4v) is 2.67. The van der Waals surface area contributed by atoms with E-state index in [4.69, 9.17) is 0 Å². The minimum atomic E-state index is 0.157. The van der Waals surface area contributed by atoms with Gasteiger partial charge in [-0.1, -0.05) is 12.2 Å². The molecule has 2 atom stereocenters. The summed E-state index contributed by atoms with van der Waals surface area (Å²) >= 11 is 0. The van der Waals surface area contributed by atoms with Crippen molar-refractivity contribution in [2.45, 2.75) is 12.8 Å². The van der Waals surface area contributed by atoms with Crippen LogP contribution in [0.4, 0.5) is 4.79 Å². The van der Waals surface area contributed by atoms with E-state index in [0.29, 0.717) is 11.8 Å². The van der Waals surface area contributed by atoms with Gasteiger partial charge in [0.05, 0.1) is 0 Å². The molecular formula is C11H18N2O. The average molecular weight is 194 g/mol. The van der Waals surface area contributed by atoms with Crippen LogP contribution < -0.4 is 0 Å². The summed E-state index contributed by atoms with van der Waals surface area (Å²) in [4.78, 5) is 15.3. The second kappa shape index (κ2) is 3.30. The molecule has 1 aliphatic carbocycles. The summed E-state index contributed by atoms with van der Waals surface area (Å²) in [6.45, 7) is 5.89. The van der Waals surface area contributed by atoms with Crippen LogP contribution in [0.15, 0.2) is 12.2 Å². The van der Waals surface area contributed by atoms with E-state index in [-0.39, 0.29) is 6.03 Å². The van der Waals surface area contributed by atoms with Gasteiger partial charge in [0.15, 0.2) is 0 Å². The number of rotatable bonds is 0. The Morgan fingerprint density at radius 3 is 2.29 bits per heavy atom. The topological polar surface area (TPSA) is 23.6 Å². The van der Waals surface area contributed by atoms with Crippen molar-refractivity contribution in [1.82, 2.24) is 9.80 Å². The van der Waals surface area contributed by atoms with E-state index >= 15 is 0 Å². The molecule has 3 heteroatoms. The SMILES string of the molecule is C=C1C[C@@H]2CN(C(=O)N(C)C)C[C@@H]2C1. The van der Waals surface area contributed by atoms with E-state index in [1.807, 2.05) is 19.0 Å². The van der Waals surface area contributed by atoms with Gasteiger partial charge < -0.3 is 9.80 Å².